The van der Waals surface area contributed by atoms with E-state index in [0.29, 0.717) is 11.6 Å². The Morgan fingerprint density at radius 2 is 1.70 bits per heavy atom. The van der Waals surface area contributed by atoms with Crippen LogP contribution in [-0.4, -0.2) is 48.5 Å². The molecule has 1 aliphatic heterocycles. The van der Waals surface area contributed by atoms with Crippen molar-refractivity contribution in [3.8, 4) is 0 Å². The van der Waals surface area contributed by atoms with E-state index in [1.807, 2.05) is 72.9 Å². The van der Waals surface area contributed by atoms with Crippen LogP contribution in [0, 0.1) is 0 Å². The van der Waals surface area contributed by atoms with Gasteiger partial charge in [-0.15, -0.1) is 0 Å². The summed E-state index contributed by atoms with van der Waals surface area (Å²) in [4.78, 5) is 23.6. The van der Waals surface area contributed by atoms with E-state index in [1.165, 1.54) is 0 Å². The highest BCUT2D eigenvalue weighted by Gasteiger charge is 2.20. The summed E-state index contributed by atoms with van der Waals surface area (Å²) in [5.74, 6) is 1.00. The predicted octanol–water partition coefficient (Wildman–Crippen LogP) is 4.65. The highest BCUT2D eigenvalue weighted by atomic mass is 35.5. The molecule has 30 heavy (non-hydrogen) atoms. The van der Waals surface area contributed by atoms with Gasteiger partial charge in [-0.3, -0.25) is 9.69 Å². The van der Waals surface area contributed by atoms with Crippen LogP contribution in [0.15, 0.2) is 82.7 Å². The number of hydrogen-bond acceptors (Lipinski definition) is 5. The van der Waals surface area contributed by atoms with Crippen molar-refractivity contribution in [2.45, 2.75) is 9.79 Å². The number of benzene rings is 2. The molecular formula is C23H23ClN4OS. The average Bonchev–Trinajstić information content (AvgIpc) is 2.78. The SMILES string of the molecule is O=C(CN1CCN(c2ccccn2)CC1)Nc1ccccc1Sc1ccc(Cl)cc1. The quantitative estimate of drug-likeness (QED) is 0.607. The molecule has 0 unspecified atom stereocenters. The Balaban J connectivity index is 1.32. The molecule has 2 heterocycles. The van der Waals surface area contributed by atoms with Gasteiger partial charge < -0.3 is 10.2 Å². The number of amides is 1. The Bertz CT molecular complexity index is 976. The van der Waals surface area contributed by atoms with Crippen molar-refractivity contribution in [3.63, 3.8) is 0 Å². The summed E-state index contributed by atoms with van der Waals surface area (Å²) < 4.78 is 0. The van der Waals surface area contributed by atoms with Crippen LogP contribution in [-0.2, 0) is 4.79 Å². The third kappa shape index (κ3) is 5.53. The number of para-hydroxylation sites is 1. The van der Waals surface area contributed by atoms with Crippen molar-refractivity contribution in [2.24, 2.45) is 0 Å². The number of piperazine rings is 1. The molecule has 1 N–H and O–H groups in total. The zero-order valence-electron chi connectivity index (χ0n) is 16.5. The molecule has 3 aromatic rings. The summed E-state index contributed by atoms with van der Waals surface area (Å²) in [5, 5.41) is 3.79. The molecule has 4 rings (SSSR count). The normalized spacial score (nSPS) is 14.5. The summed E-state index contributed by atoms with van der Waals surface area (Å²) in [6.07, 6.45) is 1.81. The first kappa shape index (κ1) is 20.7. The minimum Gasteiger partial charge on any atom is -0.354 e. The van der Waals surface area contributed by atoms with Gasteiger partial charge in [0.15, 0.2) is 0 Å². The van der Waals surface area contributed by atoms with E-state index in [4.69, 9.17) is 11.6 Å². The number of carbonyl (C=O) groups is 1. The number of pyridine rings is 1. The number of carbonyl (C=O) groups excluding carboxylic acids is 1. The molecule has 0 aliphatic carbocycles. The third-order valence-electron chi connectivity index (χ3n) is 4.92. The van der Waals surface area contributed by atoms with Crippen molar-refractivity contribution in [2.75, 3.05) is 42.9 Å². The summed E-state index contributed by atoms with van der Waals surface area (Å²) in [5.41, 5.74) is 0.828. The molecule has 0 bridgehead atoms. The number of nitrogens with one attached hydrogen (secondary N) is 1. The lowest BCUT2D eigenvalue weighted by molar-refractivity contribution is -0.117. The Hall–Kier alpha value is -2.54. The van der Waals surface area contributed by atoms with Gasteiger partial charge in [0.2, 0.25) is 5.91 Å². The molecule has 1 fully saturated rings. The van der Waals surface area contributed by atoms with E-state index in [1.54, 1.807) is 11.8 Å². The fourth-order valence-corrected chi connectivity index (χ4v) is 4.38. The molecule has 0 spiro atoms. The van der Waals surface area contributed by atoms with Crippen LogP contribution in [0.3, 0.4) is 0 Å². The third-order valence-corrected chi connectivity index (χ3v) is 6.25. The molecule has 2 aromatic carbocycles. The average molecular weight is 439 g/mol. The summed E-state index contributed by atoms with van der Waals surface area (Å²) >= 11 is 7.58. The van der Waals surface area contributed by atoms with Crippen molar-refractivity contribution in [1.82, 2.24) is 9.88 Å². The van der Waals surface area contributed by atoms with Gasteiger partial charge in [0.25, 0.3) is 0 Å². The molecule has 7 heteroatoms. The largest absolute Gasteiger partial charge is 0.354 e. The van der Waals surface area contributed by atoms with Crippen LogP contribution in [0.2, 0.25) is 5.02 Å². The molecule has 0 atom stereocenters. The molecular weight excluding hydrogens is 416 g/mol. The monoisotopic (exact) mass is 438 g/mol. The van der Waals surface area contributed by atoms with E-state index >= 15 is 0 Å². The van der Waals surface area contributed by atoms with Crippen LogP contribution in [0.1, 0.15) is 0 Å². The van der Waals surface area contributed by atoms with Gasteiger partial charge in [0.05, 0.1) is 12.2 Å². The number of hydrogen-bond donors (Lipinski definition) is 1. The number of anilines is 2. The van der Waals surface area contributed by atoms with Crippen molar-refractivity contribution >= 4 is 40.8 Å². The zero-order chi connectivity index (χ0) is 20.8. The maximum atomic E-state index is 12.7. The van der Waals surface area contributed by atoms with E-state index in [0.717, 1.165) is 47.5 Å². The van der Waals surface area contributed by atoms with E-state index in [-0.39, 0.29) is 5.91 Å². The van der Waals surface area contributed by atoms with E-state index in [9.17, 15) is 4.79 Å². The Morgan fingerprint density at radius 3 is 2.43 bits per heavy atom. The minimum absolute atomic E-state index is 0.00504. The fraction of sp³-hybridized carbons (Fsp3) is 0.217. The number of halogens is 1. The minimum atomic E-state index is 0.00504. The second-order valence-electron chi connectivity index (χ2n) is 7.05. The van der Waals surface area contributed by atoms with Gasteiger partial charge in [-0.2, -0.15) is 0 Å². The zero-order valence-corrected chi connectivity index (χ0v) is 18.1. The maximum absolute atomic E-state index is 12.7. The van der Waals surface area contributed by atoms with Crippen LogP contribution in [0.25, 0.3) is 0 Å². The highest BCUT2D eigenvalue weighted by Crippen LogP contribution is 2.33. The first-order valence-corrected chi connectivity index (χ1v) is 11.1. The highest BCUT2D eigenvalue weighted by molar-refractivity contribution is 7.99. The predicted molar refractivity (Wildman–Crippen MR) is 124 cm³/mol. The molecule has 5 nitrogen and oxygen atoms in total. The van der Waals surface area contributed by atoms with Crippen molar-refractivity contribution in [1.29, 1.82) is 0 Å². The standard InChI is InChI=1S/C23H23ClN4OS/c24-18-8-10-19(11-9-18)30-21-6-2-1-5-20(21)26-23(29)17-27-13-15-28(16-14-27)22-7-3-4-12-25-22/h1-12H,13-17H2,(H,26,29). The lowest BCUT2D eigenvalue weighted by Gasteiger charge is -2.35. The second-order valence-corrected chi connectivity index (χ2v) is 8.60. The fourth-order valence-electron chi connectivity index (χ4n) is 3.36. The van der Waals surface area contributed by atoms with Gasteiger partial charge in [-0.05, 0) is 48.5 Å². The molecule has 1 aliphatic rings. The van der Waals surface area contributed by atoms with Crippen LogP contribution in [0.5, 0.6) is 0 Å². The first-order chi connectivity index (χ1) is 14.7. The summed E-state index contributed by atoms with van der Waals surface area (Å²) in [7, 11) is 0. The second kappa shape index (κ2) is 9.98. The topological polar surface area (TPSA) is 48.5 Å². The summed E-state index contributed by atoms with van der Waals surface area (Å²) in [6.45, 7) is 3.80. The Labute approximate surface area is 186 Å². The lowest BCUT2D eigenvalue weighted by Crippen LogP contribution is -2.48. The lowest BCUT2D eigenvalue weighted by atomic mass is 10.3. The summed E-state index contributed by atoms with van der Waals surface area (Å²) in [6, 6.07) is 21.5. The van der Waals surface area contributed by atoms with E-state index < -0.39 is 0 Å². The number of rotatable bonds is 6. The molecule has 154 valence electrons. The van der Waals surface area contributed by atoms with Gasteiger partial charge >= 0.3 is 0 Å². The van der Waals surface area contributed by atoms with Crippen molar-refractivity contribution < 1.29 is 4.79 Å². The van der Waals surface area contributed by atoms with Crippen LogP contribution >= 0.6 is 23.4 Å². The van der Waals surface area contributed by atoms with Gasteiger partial charge in [-0.25, -0.2) is 4.98 Å². The molecule has 0 saturated carbocycles. The van der Waals surface area contributed by atoms with Gasteiger partial charge in [-0.1, -0.05) is 41.6 Å². The molecule has 1 aromatic heterocycles. The van der Waals surface area contributed by atoms with Crippen LogP contribution < -0.4 is 10.2 Å². The number of aromatic nitrogens is 1. The van der Waals surface area contributed by atoms with Crippen LogP contribution in [0.4, 0.5) is 11.5 Å². The van der Waals surface area contributed by atoms with Gasteiger partial charge in [0.1, 0.15) is 5.82 Å². The molecule has 0 radical (unpaired) electrons. The Kier molecular flexibility index (Phi) is 6.89. The molecule has 1 amide bonds. The Morgan fingerprint density at radius 1 is 0.967 bits per heavy atom. The number of nitrogens with zero attached hydrogens (tertiary/aromatic N) is 3. The van der Waals surface area contributed by atoms with Crippen molar-refractivity contribution in [3.05, 3.63) is 77.9 Å². The van der Waals surface area contributed by atoms with E-state index in [2.05, 4.69) is 20.1 Å². The maximum Gasteiger partial charge on any atom is 0.238 e. The van der Waals surface area contributed by atoms with Gasteiger partial charge in [0, 0.05) is 47.2 Å². The molecule has 1 saturated heterocycles. The first-order valence-electron chi connectivity index (χ1n) is 9.88. The smallest absolute Gasteiger partial charge is 0.238 e.